The molecule has 2 aromatic rings. The van der Waals surface area contributed by atoms with Gasteiger partial charge >= 0.3 is 6.09 Å². The normalized spacial score (nSPS) is 15.3. The van der Waals surface area contributed by atoms with Crippen LogP contribution in [0.1, 0.15) is 11.4 Å². The van der Waals surface area contributed by atoms with Crippen LogP contribution in [0, 0.1) is 0 Å². The van der Waals surface area contributed by atoms with E-state index in [-0.39, 0.29) is 17.6 Å². The number of nitrogens with zero attached hydrogens (tertiary/aromatic N) is 2. The molecule has 1 aliphatic carbocycles. The van der Waals surface area contributed by atoms with Crippen LogP contribution in [0.3, 0.4) is 0 Å². The number of halogens is 1. The van der Waals surface area contributed by atoms with Crippen molar-refractivity contribution in [2.24, 2.45) is 0 Å². The van der Waals surface area contributed by atoms with Gasteiger partial charge in [-0.1, -0.05) is 84.5 Å². The quantitative estimate of drug-likeness (QED) is 0.779. The number of rotatable bonds is 4. The van der Waals surface area contributed by atoms with E-state index in [2.05, 4.69) is 15.3 Å². The molecule has 0 bridgehead atoms. The van der Waals surface area contributed by atoms with E-state index in [9.17, 15) is 4.79 Å². The van der Waals surface area contributed by atoms with Crippen LogP contribution in [-0.2, 0) is 11.3 Å². The molecule has 1 aromatic heterocycles. The van der Waals surface area contributed by atoms with Gasteiger partial charge in [-0.15, -0.1) is 0 Å². The number of anilines is 1. The molecule has 0 atom stereocenters. The van der Waals surface area contributed by atoms with E-state index in [1.807, 2.05) is 72.9 Å². The van der Waals surface area contributed by atoms with E-state index in [4.69, 9.17) is 16.3 Å². The van der Waals surface area contributed by atoms with Crippen molar-refractivity contribution in [3.8, 4) is 0 Å². The molecule has 0 unspecified atom stereocenters. The topological polar surface area (TPSA) is 64.1 Å². The van der Waals surface area contributed by atoms with Gasteiger partial charge in [-0.3, -0.25) is 5.32 Å². The Morgan fingerprint density at radius 2 is 1.81 bits per heavy atom. The Kier molecular flexibility index (Phi) is 5.96. The molecule has 0 radical (unpaired) electrons. The zero-order valence-electron chi connectivity index (χ0n) is 13.8. The lowest BCUT2D eigenvalue weighted by Crippen LogP contribution is -2.15. The molecule has 0 spiro atoms. The number of allylic oxidation sites excluding steroid dienone is 8. The van der Waals surface area contributed by atoms with Gasteiger partial charge in [0.15, 0.2) is 5.82 Å². The van der Waals surface area contributed by atoms with Gasteiger partial charge in [0.2, 0.25) is 0 Å². The number of hydrogen-bond acceptors (Lipinski definition) is 4. The molecular formula is C20H16ClN3O2. The second-order valence-corrected chi connectivity index (χ2v) is 5.72. The number of amides is 1. The van der Waals surface area contributed by atoms with E-state index in [0.29, 0.717) is 5.82 Å². The van der Waals surface area contributed by atoms with Crippen molar-refractivity contribution in [1.29, 1.82) is 0 Å². The van der Waals surface area contributed by atoms with Crippen LogP contribution in [0.25, 0.3) is 5.57 Å². The van der Waals surface area contributed by atoms with Gasteiger partial charge in [0.1, 0.15) is 17.6 Å². The minimum atomic E-state index is -0.611. The van der Waals surface area contributed by atoms with E-state index in [1.165, 1.54) is 6.07 Å². The smallest absolute Gasteiger partial charge is 0.413 e. The summed E-state index contributed by atoms with van der Waals surface area (Å²) in [4.78, 5) is 20.6. The van der Waals surface area contributed by atoms with E-state index in [0.717, 1.165) is 11.1 Å². The van der Waals surface area contributed by atoms with Crippen LogP contribution < -0.4 is 5.32 Å². The van der Waals surface area contributed by atoms with Crippen molar-refractivity contribution in [2.75, 3.05) is 5.32 Å². The zero-order valence-corrected chi connectivity index (χ0v) is 14.6. The Balaban J connectivity index is 1.70. The fraction of sp³-hybridized carbons (Fsp3) is 0.0500. The molecule has 1 heterocycles. The number of hydrogen-bond donors (Lipinski definition) is 1. The molecule has 0 saturated heterocycles. The molecule has 6 heteroatoms. The van der Waals surface area contributed by atoms with Crippen molar-refractivity contribution in [2.45, 2.75) is 6.61 Å². The Morgan fingerprint density at radius 1 is 1.04 bits per heavy atom. The Labute approximate surface area is 156 Å². The SMILES string of the molecule is O=C(Nc1cc(Cl)nc(C2=C/C=C\C=C/C=C2)n1)OCc1ccccc1. The summed E-state index contributed by atoms with van der Waals surface area (Å²) in [5.41, 5.74) is 1.67. The fourth-order valence-electron chi connectivity index (χ4n) is 2.19. The highest BCUT2D eigenvalue weighted by molar-refractivity contribution is 6.29. The lowest BCUT2D eigenvalue weighted by atomic mass is 10.1. The molecule has 1 aliphatic rings. The molecule has 1 amide bonds. The third-order valence-electron chi connectivity index (χ3n) is 3.39. The summed E-state index contributed by atoms with van der Waals surface area (Å²) in [6.45, 7) is 0.170. The molecular weight excluding hydrogens is 350 g/mol. The summed E-state index contributed by atoms with van der Waals surface area (Å²) in [7, 11) is 0. The maximum atomic E-state index is 12.0. The van der Waals surface area contributed by atoms with E-state index < -0.39 is 6.09 Å². The zero-order chi connectivity index (χ0) is 18.2. The van der Waals surface area contributed by atoms with Crippen molar-refractivity contribution in [3.63, 3.8) is 0 Å². The maximum absolute atomic E-state index is 12.0. The molecule has 3 rings (SSSR count). The third kappa shape index (κ3) is 5.16. The van der Waals surface area contributed by atoms with Gasteiger partial charge in [-0.2, -0.15) is 0 Å². The predicted molar refractivity (Wildman–Crippen MR) is 103 cm³/mol. The van der Waals surface area contributed by atoms with Crippen molar-refractivity contribution in [1.82, 2.24) is 9.97 Å². The molecule has 130 valence electrons. The molecule has 26 heavy (non-hydrogen) atoms. The lowest BCUT2D eigenvalue weighted by molar-refractivity contribution is 0.155. The van der Waals surface area contributed by atoms with Gasteiger partial charge in [0.25, 0.3) is 0 Å². The number of ether oxygens (including phenoxy) is 1. The first-order chi connectivity index (χ1) is 12.7. The first kappa shape index (κ1) is 17.6. The summed E-state index contributed by atoms with van der Waals surface area (Å²) in [6.07, 6.45) is 12.6. The van der Waals surface area contributed by atoms with E-state index in [1.54, 1.807) is 0 Å². The van der Waals surface area contributed by atoms with Gasteiger partial charge in [0, 0.05) is 11.6 Å². The summed E-state index contributed by atoms with van der Waals surface area (Å²) in [5, 5.41) is 2.81. The highest BCUT2D eigenvalue weighted by atomic mass is 35.5. The maximum Gasteiger partial charge on any atom is 0.413 e. The lowest BCUT2D eigenvalue weighted by Gasteiger charge is -2.09. The highest BCUT2D eigenvalue weighted by Gasteiger charge is 2.10. The molecule has 1 aromatic carbocycles. The van der Waals surface area contributed by atoms with Gasteiger partial charge in [-0.05, 0) is 5.56 Å². The average molecular weight is 366 g/mol. The van der Waals surface area contributed by atoms with Crippen molar-refractivity contribution >= 4 is 29.1 Å². The number of carbonyl (C=O) groups excluding carboxylic acids is 1. The molecule has 1 N–H and O–H groups in total. The number of nitrogens with one attached hydrogen (secondary N) is 1. The minimum absolute atomic E-state index is 0.170. The summed E-state index contributed by atoms with van der Waals surface area (Å²) < 4.78 is 5.19. The molecule has 0 fully saturated rings. The summed E-state index contributed by atoms with van der Waals surface area (Å²) in [5.74, 6) is 0.681. The first-order valence-electron chi connectivity index (χ1n) is 7.95. The minimum Gasteiger partial charge on any atom is -0.444 e. The Hall–Kier alpha value is -3.18. The van der Waals surface area contributed by atoms with Gasteiger partial charge < -0.3 is 4.74 Å². The summed E-state index contributed by atoms with van der Waals surface area (Å²) in [6, 6.07) is 10.9. The monoisotopic (exact) mass is 365 g/mol. The molecule has 0 aliphatic heterocycles. The van der Waals surface area contributed by atoms with Crippen molar-refractivity contribution in [3.05, 3.63) is 95.5 Å². The van der Waals surface area contributed by atoms with Gasteiger partial charge in [0.05, 0.1) is 0 Å². The largest absolute Gasteiger partial charge is 0.444 e. The molecule has 5 nitrogen and oxygen atoms in total. The van der Waals surface area contributed by atoms with Crippen LogP contribution in [0.15, 0.2) is 78.9 Å². The fourth-order valence-corrected chi connectivity index (χ4v) is 2.37. The molecule has 0 saturated carbocycles. The average Bonchev–Trinajstić information content (AvgIpc) is 2.60. The Morgan fingerprint density at radius 3 is 2.65 bits per heavy atom. The van der Waals surface area contributed by atoms with E-state index >= 15 is 0 Å². The van der Waals surface area contributed by atoms with Gasteiger partial charge in [-0.25, -0.2) is 14.8 Å². The predicted octanol–water partition coefficient (Wildman–Crippen LogP) is 4.94. The second-order valence-electron chi connectivity index (χ2n) is 5.34. The highest BCUT2D eigenvalue weighted by Crippen LogP contribution is 2.19. The van der Waals surface area contributed by atoms with Crippen LogP contribution >= 0.6 is 11.6 Å². The van der Waals surface area contributed by atoms with Crippen LogP contribution in [0.4, 0.5) is 10.6 Å². The van der Waals surface area contributed by atoms with Crippen LogP contribution in [0.2, 0.25) is 5.15 Å². The summed E-state index contributed by atoms with van der Waals surface area (Å²) >= 11 is 6.07. The third-order valence-corrected chi connectivity index (χ3v) is 3.59. The first-order valence-corrected chi connectivity index (χ1v) is 8.33. The van der Waals surface area contributed by atoms with Crippen LogP contribution in [-0.4, -0.2) is 16.1 Å². The van der Waals surface area contributed by atoms with Crippen LogP contribution in [0.5, 0.6) is 0 Å². The second kappa shape index (κ2) is 8.78. The standard InChI is InChI=1S/C20H16ClN3O2/c21-17-13-18(24-20(25)26-14-15-9-5-4-6-10-15)23-19(22-17)16-11-7-2-1-3-8-12-16/h1-13H,14H2,(H,22,23,24,25)/b2-1-,3-1?,7-2?,8-3-,11-7?,12-8?,16-11?,16-12?. The number of aromatic nitrogens is 2. The Bertz CT molecular complexity index is 903. The number of carbonyl (C=O) groups is 1. The van der Waals surface area contributed by atoms with Crippen molar-refractivity contribution < 1.29 is 9.53 Å². The number of benzene rings is 1.